The van der Waals surface area contributed by atoms with Crippen molar-refractivity contribution in [2.24, 2.45) is 0 Å². The molecular weight excluding hydrogens is 550 g/mol. The van der Waals surface area contributed by atoms with Crippen molar-refractivity contribution in [1.82, 2.24) is 20.6 Å². The average Bonchev–Trinajstić information content (AvgIpc) is 3.36. The second-order valence-corrected chi connectivity index (χ2v) is 9.81. The normalized spacial score (nSPS) is 11.5. The zero-order valence-corrected chi connectivity index (χ0v) is 22.4. The van der Waals surface area contributed by atoms with Crippen LogP contribution < -0.4 is 27.4 Å². The molecule has 4 aromatic rings. The highest BCUT2D eigenvalue weighted by Crippen LogP contribution is 2.29. The zero-order valence-electron chi connectivity index (χ0n) is 21.6. The smallest absolute Gasteiger partial charge is 0.336 e. The molecule has 2 aromatic heterocycles. The molecule has 0 bridgehead atoms. The molecule has 0 aliphatic rings. The van der Waals surface area contributed by atoms with E-state index in [0.29, 0.717) is 17.2 Å². The van der Waals surface area contributed by atoms with Gasteiger partial charge in [-0.15, -0.1) is 11.3 Å². The lowest BCUT2D eigenvalue weighted by Gasteiger charge is -2.15. The third-order valence-electron chi connectivity index (χ3n) is 6.15. The number of thiophene rings is 1. The van der Waals surface area contributed by atoms with Crippen molar-refractivity contribution in [3.05, 3.63) is 76.2 Å². The molecule has 0 saturated heterocycles. The van der Waals surface area contributed by atoms with Gasteiger partial charge in [-0.2, -0.15) is 4.98 Å². The first-order chi connectivity index (χ1) is 19.6. The summed E-state index contributed by atoms with van der Waals surface area (Å²) < 4.78 is 0. The van der Waals surface area contributed by atoms with Gasteiger partial charge in [-0.3, -0.25) is 9.59 Å². The van der Waals surface area contributed by atoms with Gasteiger partial charge >= 0.3 is 11.9 Å². The molecule has 41 heavy (non-hydrogen) atoms. The van der Waals surface area contributed by atoms with Crippen LogP contribution in [0.3, 0.4) is 0 Å². The molecular formula is C27H27N7O6S. The summed E-state index contributed by atoms with van der Waals surface area (Å²) in [6.45, 7) is 0.528. The van der Waals surface area contributed by atoms with E-state index in [1.807, 2.05) is 5.38 Å². The van der Waals surface area contributed by atoms with Gasteiger partial charge in [0.2, 0.25) is 5.95 Å². The number of aromatic carboxylic acids is 1. The molecule has 1 atom stereocenters. The second-order valence-electron chi connectivity index (χ2n) is 8.95. The molecule has 0 saturated carbocycles. The first-order valence-electron chi connectivity index (χ1n) is 12.4. The Morgan fingerprint density at radius 2 is 1.63 bits per heavy atom. The van der Waals surface area contributed by atoms with E-state index in [9.17, 15) is 29.4 Å². The fourth-order valence-electron chi connectivity index (χ4n) is 4.08. The highest BCUT2D eigenvalue weighted by atomic mass is 32.1. The number of nitrogens with two attached hydrogens (primary N) is 2. The summed E-state index contributed by atoms with van der Waals surface area (Å²) >= 11 is 1.41. The second kappa shape index (κ2) is 12.7. The van der Waals surface area contributed by atoms with Gasteiger partial charge in [0.25, 0.3) is 11.8 Å². The van der Waals surface area contributed by atoms with E-state index in [1.54, 1.807) is 30.3 Å². The van der Waals surface area contributed by atoms with Crippen LogP contribution in [0.1, 0.15) is 49.5 Å². The molecule has 4 rings (SSSR count). The Morgan fingerprint density at radius 1 is 0.927 bits per heavy atom. The summed E-state index contributed by atoms with van der Waals surface area (Å²) in [6, 6.07) is 11.1. The lowest BCUT2D eigenvalue weighted by molar-refractivity contribution is -0.139. The summed E-state index contributed by atoms with van der Waals surface area (Å²) in [6.07, 6.45) is 0.287. The van der Waals surface area contributed by atoms with Gasteiger partial charge in [0.1, 0.15) is 16.7 Å². The lowest BCUT2D eigenvalue weighted by Crippen LogP contribution is -2.41. The average molecular weight is 578 g/mol. The minimum Gasteiger partial charge on any atom is -0.480 e. The summed E-state index contributed by atoms with van der Waals surface area (Å²) in [5, 5.41) is 29.8. The number of carboxylic acids is 2. The molecule has 0 fully saturated rings. The van der Waals surface area contributed by atoms with Gasteiger partial charge < -0.3 is 37.6 Å². The Morgan fingerprint density at radius 3 is 2.32 bits per heavy atom. The number of benzene rings is 2. The van der Waals surface area contributed by atoms with E-state index in [4.69, 9.17) is 11.5 Å². The third kappa shape index (κ3) is 7.05. The predicted molar refractivity (Wildman–Crippen MR) is 154 cm³/mol. The van der Waals surface area contributed by atoms with Crippen LogP contribution in [0.15, 0.2) is 53.9 Å². The maximum absolute atomic E-state index is 12.7. The molecule has 13 nitrogen and oxygen atoms in total. The Bertz CT molecular complexity index is 1610. The van der Waals surface area contributed by atoms with E-state index in [-0.39, 0.29) is 42.0 Å². The molecule has 2 aromatic carbocycles. The summed E-state index contributed by atoms with van der Waals surface area (Å²) in [5.74, 6) is -3.17. The molecule has 0 aliphatic carbocycles. The molecule has 9 N–H and O–H groups in total. The van der Waals surface area contributed by atoms with Crippen LogP contribution in [-0.2, 0) is 11.3 Å². The predicted octanol–water partition coefficient (Wildman–Crippen LogP) is 2.56. The number of nitrogen functional groups attached to an aromatic ring is 2. The number of carbonyl (C=O) groups excluding carboxylic acids is 2. The van der Waals surface area contributed by atoms with Crippen LogP contribution in [0.25, 0.3) is 10.2 Å². The molecule has 212 valence electrons. The number of nitrogens with one attached hydrogen (secondary N) is 3. The van der Waals surface area contributed by atoms with Gasteiger partial charge in [-0.25, -0.2) is 14.6 Å². The third-order valence-corrected chi connectivity index (χ3v) is 7.07. The van der Waals surface area contributed by atoms with Gasteiger partial charge in [0.05, 0.1) is 16.5 Å². The maximum atomic E-state index is 12.7. The number of hydrogen-bond acceptors (Lipinski definition) is 10. The molecule has 14 heteroatoms. The molecule has 0 aliphatic heterocycles. The van der Waals surface area contributed by atoms with Crippen molar-refractivity contribution in [3.8, 4) is 0 Å². The number of carbonyl (C=O) groups is 4. The van der Waals surface area contributed by atoms with Gasteiger partial charge in [0.15, 0.2) is 0 Å². The number of aliphatic carboxylic acids is 1. The number of hydrogen-bond donors (Lipinski definition) is 7. The summed E-state index contributed by atoms with van der Waals surface area (Å²) in [4.78, 5) is 57.0. The molecule has 2 heterocycles. The van der Waals surface area contributed by atoms with E-state index in [2.05, 4.69) is 25.9 Å². The van der Waals surface area contributed by atoms with Gasteiger partial charge in [-0.1, -0.05) is 12.1 Å². The van der Waals surface area contributed by atoms with E-state index in [1.165, 1.54) is 29.5 Å². The Balaban J connectivity index is 1.28. The lowest BCUT2D eigenvalue weighted by atomic mass is 10.1. The number of amides is 2. The van der Waals surface area contributed by atoms with Crippen LogP contribution >= 0.6 is 11.3 Å². The monoisotopic (exact) mass is 577 g/mol. The van der Waals surface area contributed by atoms with Gasteiger partial charge in [0, 0.05) is 24.3 Å². The van der Waals surface area contributed by atoms with Crippen LogP contribution in [0.4, 0.5) is 17.5 Å². The largest absolute Gasteiger partial charge is 0.480 e. The SMILES string of the molecule is Nc1nc(N)c2c(CNc3ccc(C(=O)N[C@@H](CCCNC(=O)c4ccccc4C(=O)O)C(=O)O)cc3)csc2n1. The number of nitrogens with zero attached hydrogens (tertiary/aromatic N) is 2. The van der Waals surface area contributed by atoms with Crippen LogP contribution in [0.5, 0.6) is 0 Å². The zero-order chi connectivity index (χ0) is 29.5. The number of aromatic nitrogens is 2. The Kier molecular flexibility index (Phi) is 8.94. The fraction of sp³-hybridized carbons (Fsp3) is 0.185. The van der Waals surface area contributed by atoms with Crippen LogP contribution in [0.2, 0.25) is 0 Å². The fourth-order valence-corrected chi connectivity index (χ4v) is 5.04. The summed E-state index contributed by atoms with van der Waals surface area (Å²) in [5.41, 5.74) is 13.4. The quantitative estimate of drug-likeness (QED) is 0.121. The van der Waals surface area contributed by atoms with Crippen LogP contribution in [-0.4, -0.2) is 56.5 Å². The minimum atomic E-state index is -1.23. The maximum Gasteiger partial charge on any atom is 0.336 e. The van der Waals surface area contributed by atoms with Crippen molar-refractivity contribution >= 4 is 62.8 Å². The van der Waals surface area contributed by atoms with Crippen molar-refractivity contribution < 1.29 is 29.4 Å². The first-order valence-corrected chi connectivity index (χ1v) is 13.3. The Labute approximate surface area is 237 Å². The number of anilines is 3. The van der Waals surface area contributed by atoms with Crippen molar-refractivity contribution in [2.45, 2.75) is 25.4 Å². The van der Waals surface area contributed by atoms with E-state index < -0.39 is 29.8 Å². The van der Waals surface area contributed by atoms with Gasteiger partial charge in [-0.05, 0) is 60.2 Å². The topological polar surface area (TPSA) is 223 Å². The number of fused-ring (bicyclic) bond motifs is 1. The Hall–Kier alpha value is -5.24. The van der Waals surface area contributed by atoms with E-state index >= 15 is 0 Å². The first kappa shape index (κ1) is 28.8. The summed E-state index contributed by atoms with van der Waals surface area (Å²) in [7, 11) is 0. The van der Waals surface area contributed by atoms with Crippen LogP contribution in [0, 0.1) is 0 Å². The van der Waals surface area contributed by atoms with E-state index in [0.717, 1.165) is 16.6 Å². The highest BCUT2D eigenvalue weighted by molar-refractivity contribution is 7.17. The molecule has 0 radical (unpaired) electrons. The van der Waals surface area contributed by atoms with Crippen molar-refractivity contribution in [3.63, 3.8) is 0 Å². The molecule has 0 spiro atoms. The molecule has 0 unspecified atom stereocenters. The number of carboxylic acid groups (broad SMARTS) is 2. The number of rotatable bonds is 12. The molecule has 2 amide bonds. The minimum absolute atomic E-state index is 0.00743. The van der Waals surface area contributed by atoms with Crippen molar-refractivity contribution in [2.75, 3.05) is 23.3 Å². The highest BCUT2D eigenvalue weighted by Gasteiger charge is 2.21. The van der Waals surface area contributed by atoms with Crippen molar-refractivity contribution in [1.29, 1.82) is 0 Å². The standard InChI is InChI=1S/C27H27N7O6S/c28-21-20-15(13-41-24(20)34-27(29)33-21)12-31-16-9-7-14(8-10-16)22(35)32-19(26(39)40)6-3-11-30-23(36)17-4-1-2-5-18(17)25(37)38/h1-2,4-5,7-10,13,19,31H,3,6,11-12H2,(H,30,36)(H,32,35)(H,37,38)(H,39,40)(H4,28,29,33,34)/t19-/m0/s1.